The van der Waals surface area contributed by atoms with Crippen molar-refractivity contribution < 1.29 is 18.8 Å². The molecule has 6 heteroatoms. The summed E-state index contributed by atoms with van der Waals surface area (Å²) >= 11 is 0. The summed E-state index contributed by atoms with van der Waals surface area (Å²) in [4.78, 5) is 33.5. The Morgan fingerprint density at radius 2 is 2.07 bits per heavy atom. The van der Waals surface area contributed by atoms with Gasteiger partial charge in [-0.05, 0) is 13.8 Å². The van der Waals surface area contributed by atoms with Crippen molar-refractivity contribution in [1.29, 1.82) is 0 Å². The smallest absolute Gasteiger partial charge is 0.373 e. The highest BCUT2D eigenvalue weighted by Crippen LogP contribution is 2.06. The third-order valence-corrected chi connectivity index (χ3v) is 1.81. The fourth-order valence-electron chi connectivity index (χ4n) is 1.18. The monoisotopic (exact) mass is 213 g/mol. The number of hydrogen-bond acceptors (Lipinski definition) is 5. The van der Waals surface area contributed by atoms with Crippen molar-refractivity contribution in [3.8, 4) is 0 Å². The zero-order valence-corrected chi connectivity index (χ0v) is 8.70. The molecule has 0 N–H and O–H groups in total. The molecule has 1 aromatic heterocycles. The van der Waals surface area contributed by atoms with Crippen molar-refractivity contribution in [1.82, 2.24) is 4.74 Å². The average Bonchev–Trinajstić information content (AvgIpc) is 2.42. The van der Waals surface area contributed by atoms with Crippen molar-refractivity contribution in [2.75, 3.05) is 6.61 Å². The lowest BCUT2D eigenvalue weighted by Gasteiger charge is -1.98. The molecule has 0 aromatic carbocycles. The Morgan fingerprint density at radius 1 is 1.47 bits per heavy atom. The summed E-state index contributed by atoms with van der Waals surface area (Å²) in [6.45, 7) is 4.45. The first-order chi connectivity index (χ1) is 6.99. The van der Waals surface area contributed by atoms with Gasteiger partial charge < -0.3 is 9.26 Å². The Labute approximate surface area is 85.4 Å². The van der Waals surface area contributed by atoms with Crippen LogP contribution in [0.15, 0.2) is 9.32 Å². The molecule has 0 spiro atoms. The summed E-state index contributed by atoms with van der Waals surface area (Å²) in [6.07, 6.45) is 0. The van der Waals surface area contributed by atoms with Crippen molar-refractivity contribution in [3.05, 3.63) is 21.7 Å². The predicted molar refractivity (Wildman–Crippen MR) is 50.0 cm³/mol. The van der Waals surface area contributed by atoms with Crippen molar-refractivity contribution in [2.45, 2.75) is 20.8 Å². The highest BCUT2D eigenvalue weighted by molar-refractivity contribution is 5.91. The van der Waals surface area contributed by atoms with E-state index >= 15 is 0 Å². The third-order valence-electron chi connectivity index (χ3n) is 1.81. The molecule has 6 nitrogen and oxygen atoms in total. The van der Waals surface area contributed by atoms with Crippen LogP contribution < -0.4 is 5.63 Å². The minimum atomic E-state index is -0.860. The molecule has 1 heterocycles. The highest BCUT2D eigenvalue weighted by Gasteiger charge is 2.23. The standard InChI is InChI=1S/C9H11NO5/c1-4-14-8(12)7-5(2)10(6(3)11)15-9(7)13/h4H2,1-3H3. The van der Waals surface area contributed by atoms with Crippen LogP contribution in [0, 0.1) is 6.92 Å². The normalized spacial score (nSPS) is 10.1. The quantitative estimate of drug-likeness (QED) is 0.671. The topological polar surface area (TPSA) is 78.5 Å². The molecule has 0 amide bonds. The van der Waals surface area contributed by atoms with Gasteiger partial charge in [0, 0.05) is 6.92 Å². The largest absolute Gasteiger partial charge is 0.462 e. The molecule has 1 aromatic rings. The number of nitrogens with zero attached hydrogens (tertiary/aromatic N) is 1. The van der Waals surface area contributed by atoms with E-state index in [1.165, 1.54) is 13.8 Å². The summed E-state index contributed by atoms with van der Waals surface area (Å²) in [6, 6.07) is 0. The predicted octanol–water partition coefficient (Wildman–Crippen LogP) is 0.587. The lowest BCUT2D eigenvalue weighted by molar-refractivity contribution is 0.0522. The maximum atomic E-state index is 11.3. The van der Waals surface area contributed by atoms with Crippen LogP contribution in [0.3, 0.4) is 0 Å². The van der Waals surface area contributed by atoms with E-state index in [0.29, 0.717) is 0 Å². The van der Waals surface area contributed by atoms with Crippen molar-refractivity contribution >= 4 is 11.9 Å². The van der Waals surface area contributed by atoms with E-state index in [-0.39, 0.29) is 17.9 Å². The number of carbonyl (C=O) groups is 2. The van der Waals surface area contributed by atoms with E-state index in [2.05, 4.69) is 9.26 Å². The molecule has 0 saturated carbocycles. The lowest BCUT2D eigenvalue weighted by Crippen LogP contribution is -2.14. The average molecular weight is 213 g/mol. The minimum Gasteiger partial charge on any atom is -0.462 e. The molecule has 0 radical (unpaired) electrons. The number of esters is 1. The molecule has 0 atom stereocenters. The fraction of sp³-hybridized carbons (Fsp3) is 0.444. The van der Waals surface area contributed by atoms with E-state index in [1.807, 2.05) is 0 Å². The minimum absolute atomic E-state index is 0.156. The van der Waals surface area contributed by atoms with Crippen LogP contribution in [-0.4, -0.2) is 23.2 Å². The second-order valence-corrected chi connectivity index (χ2v) is 2.87. The van der Waals surface area contributed by atoms with Crippen molar-refractivity contribution in [2.24, 2.45) is 0 Å². The van der Waals surface area contributed by atoms with Crippen LogP contribution in [0.25, 0.3) is 0 Å². The Hall–Kier alpha value is -1.85. The van der Waals surface area contributed by atoms with Crippen molar-refractivity contribution in [3.63, 3.8) is 0 Å². The number of aromatic nitrogens is 1. The van der Waals surface area contributed by atoms with Gasteiger partial charge in [-0.15, -0.1) is 4.74 Å². The Morgan fingerprint density at radius 3 is 2.47 bits per heavy atom. The number of carbonyl (C=O) groups excluding carboxylic acids is 2. The Balaban J connectivity index is 3.25. The molecule has 0 bridgehead atoms. The zero-order valence-electron chi connectivity index (χ0n) is 8.70. The zero-order chi connectivity index (χ0) is 11.6. The van der Waals surface area contributed by atoms with E-state index in [9.17, 15) is 14.4 Å². The molecular weight excluding hydrogens is 202 g/mol. The first-order valence-electron chi connectivity index (χ1n) is 4.40. The molecule has 0 unspecified atom stereocenters. The molecular formula is C9H11NO5. The fourth-order valence-corrected chi connectivity index (χ4v) is 1.18. The molecule has 0 fully saturated rings. The Kier molecular flexibility index (Phi) is 3.08. The molecule has 0 aliphatic heterocycles. The van der Waals surface area contributed by atoms with Crippen LogP contribution in [0.2, 0.25) is 0 Å². The maximum absolute atomic E-state index is 11.3. The Bertz CT molecular complexity index is 454. The third kappa shape index (κ3) is 1.98. The van der Waals surface area contributed by atoms with Gasteiger partial charge in [0.05, 0.1) is 12.3 Å². The summed E-state index contributed by atoms with van der Waals surface area (Å²) < 4.78 is 10.0. The second kappa shape index (κ2) is 4.12. The highest BCUT2D eigenvalue weighted by atomic mass is 16.5. The van der Waals surface area contributed by atoms with E-state index in [0.717, 1.165) is 4.74 Å². The van der Waals surface area contributed by atoms with Gasteiger partial charge >= 0.3 is 11.6 Å². The lowest BCUT2D eigenvalue weighted by atomic mass is 10.2. The number of rotatable bonds is 2. The van der Waals surface area contributed by atoms with Crippen LogP contribution in [0.5, 0.6) is 0 Å². The van der Waals surface area contributed by atoms with E-state index in [1.54, 1.807) is 6.92 Å². The summed E-state index contributed by atoms with van der Waals surface area (Å²) in [7, 11) is 0. The van der Waals surface area contributed by atoms with Crippen LogP contribution >= 0.6 is 0 Å². The van der Waals surface area contributed by atoms with Gasteiger partial charge in [0.1, 0.15) is 0 Å². The molecule has 1 rings (SSSR count). The van der Waals surface area contributed by atoms with Gasteiger partial charge in [0.2, 0.25) is 0 Å². The second-order valence-electron chi connectivity index (χ2n) is 2.87. The summed E-state index contributed by atoms with van der Waals surface area (Å²) in [5.74, 6) is -1.25. The van der Waals surface area contributed by atoms with Crippen LogP contribution in [0.4, 0.5) is 0 Å². The van der Waals surface area contributed by atoms with Gasteiger partial charge in [0.15, 0.2) is 5.56 Å². The first kappa shape index (κ1) is 11.2. The summed E-state index contributed by atoms with van der Waals surface area (Å²) in [5, 5.41) is 0. The van der Waals surface area contributed by atoms with Gasteiger partial charge in [-0.3, -0.25) is 4.79 Å². The first-order valence-corrected chi connectivity index (χ1v) is 4.40. The van der Waals surface area contributed by atoms with Gasteiger partial charge in [-0.1, -0.05) is 0 Å². The summed E-state index contributed by atoms with van der Waals surface area (Å²) in [5.41, 5.74) is -0.931. The molecule has 0 aliphatic carbocycles. The van der Waals surface area contributed by atoms with Gasteiger partial charge in [-0.25, -0.2) is 9.59 Å². The molecule has 15 heavy (non-hydrogen) atoms. The van der Waals surface area contributed by atoms with Crippen LogP contribution in [0.1, 0.15) is 34.7 Å². The van der Waals surface area contributed by atoms with Gasteiger partial charge in [-0.2, -0.15) is 0 Å². The number of hydrogen-bond donors (Lipinski definition) is 0. The SMILES string of the molecule is CCOC(=O)c1c(C)n(C(C)=O)oc1=O. The van der Waals surface area contributed by atoms with E-state index < -0.39 is 17.5 Å². The molecule has 0 saturated heterocycles. The van der Waals surface area contributed by atoms with Crippen LogP contribution in [-0.2, 0) is 4.74 Å². The van der Waals surface area contributed by atoms with Gasteiger partial charge in [0.25, 0.3) is 5.91 Å². The maximum Gasteiger partial charge on any atom is 0.373 e. The number of ether oxygens (including phenoxy) is 1. The van der Waals surface area contributed by atoms with E-state index in [4.69, 9.17) is 0 Å². The molecule has 0 aliphatic rings. The molecule has 82 valence electrons.